The predicted octanol–water partition coefficient (Wildman–Crippen LogP) is 6.26. The number of halogens is 4. The quantitative estimate of drug-likeness (QED) is 0.526. The van der Waals surface area contributed by atoms with Crippen molar-refractivity contribution in [1.82, 2.24) is 5.32 Å². The van der Waals surface area contributed by atoms with Crippen LogP contribution < -0.4 is 5.32 Å². The molecule has 0 amide bonds. The van der Waals surface area contributed by atoms with E-state index in [4.69, 9.17) is 0 Å². The van der Waals surface area contributed by atoms with Gasteiger partial charge in [0, 0.05) is 14.9 Å². The lowest BCUT2D eigenvalue weighted by atomic mass is 10.0. The first-order valence-corrected chi connectivity index (χ1v) is 9.36. The average molecular weight is 486 g/mol. The van der Waals surface area contributed by atoms with Gasteiger partial charge in [0.05, 0.1) is 14.3 Å². The van der Waals surface area contributed by atoms with Crippen molar-refractivity contribution in [2.75, 3.05) is 6.54 Å². The Morgan fingerprint density at radius 1 is 1.25 bits per heavy atom. The van der Waals surface area contributed by atoms with Gasteiger partial charge in [-0.3, -0.25) is 0 Å². The molecule has 1 atom stereocenters. The van der Waals surface area contributed by atoms with E-state index in [-0.39, 0.29) is 11.9 Å². The van der Waals surface area contributed by atoms with Crippen LogP contribution in [0.5, 0.6) is 0 Å². The minimum absolute atomic E-state index is 0.139. The fourth-order valence-electron chi connectivity index (χ4n) is 1.90. The molecule has 0 spiro atoms. The highest BCUT2D eigenvalue weighted by atomic mass is 79.9. The molecule has 1 unspecified atom stereocenters. The van der Waals surface area contributed by atoms with Crippen LogP contribution in [0.25, 0.3) is 0 Å². The summed E-state index contributed by atoms with van der Waals surface area (Å²) < 4.78 is 16.9. The number of benzene rings is 1. The standard InChI is InChI=1S/C14H13Br3FNS/c1-2-6-19-13(11-7-10(16)14(17)20-11)8-4-3-5-9(15)12(8)18/h3-5,7,13,19H,2,6H2,1H3. The lowest BCUT2D eigenvalue weighted by molar-refractivity contribution is 0.547. The summed E-state index contributed by atoms with van der Waals surface area (Å²) in [5, 5.41) is 3.42. The Morgan fingerprint density at radius 2 is 2.00 bits per heavy atom. The molecule has 2 rings (SSSR count). The van der Waals surface area contributed by atoms with Crippen LogP contribution in [0.15, 0.2) is 37.0 Å². The third-order valence-electron chi connectivity index (χ3n) is 2.84. The number of rotatable bonds is 5. The van der Waals surface area contributed by atoms with E-state index < -0.39 is 0 Å². The van der Waals surface area contributed by atoms with Gasteiger partial charge < -0.3 is 5.32 Å². The third kappa shape index (κ3) is 3.71. The average Bonchev–Trinajstić information content (AvgIpc) is 2.74. The zero-order valence-corrected chi connectivity index (χ0v) is 16.3. The maximum Gasteiger partial charge on any atom is 0.142 e. The number of hydrogen-bond acceptors (Lipinski definition) is 2. The van der Waals surface area contributed by atoms with E-state index in [0.29, 0.717) is 10.0 Å². The largest absolute Gasteiger partial charge is 0.306 e. The molecule has 0 aliphatic heterocycles. The van der Waals surface area contributed by atoms with Crippen LogP contribution in [0, 0.1) is 5.82 Å². The van der Waals surface area contributed by atoms with Gasteiger partial charge in [-0.15, -0.1) is 11.3 Å². The summed E-state index contributed by atoms with van der Waals surface area (Å²) in [6.45, 7) is 2.94. The Morgan fingerprint density at radius 3 is 2.60 bits per heavy atom. The zero-order valence-electron chi connectivity index (χ0n) is 10.7. The van der Waals surface area contributed by atoms with Crippen LogP contribution in [0.2, 0.25) is 0 Å². The summed E-state index contributed by atoms with van der Waals surface area (Å²) >= 11 is 11.9. The molecule has 0 aliphatic rings. The molecule has 1 heterocycles. The van der Waals surface area contributed by atoms with Crippen molar-refractivity contribution in [2.45, 2.75) is 19.4 Å². The Hall–Kier alpha value is 0.250. The fourth-order valence-corrected chi connectivity index (χ4v) is 4.47. The maximum atomic E-state index is 14.4. The zero-order chi connectivity index (χ0) is 14.7. The number of nitrogens with one attached hydrogen (secondary N) is 1. The van der Waals surface area contributed by atoms with Crippen LogP contribution in [-0.2, 0) is 0 Å². The van der Waals surface area contributed by atoms with Crippen molar-refractivity contribution in [2.24, 2.45) is 0 Å². The lowest BCUT2D eigenvalue weighted by Crippen LogP contribution is -2.23. The molecule has 108 valence electrons. The van der Waals surface area contributed by atoms with Crippen LogP contribution in [0.1, 0.15) is 29.8 Å². The van der Waals surface area contributed by atoms with Gasteiger partial charge in [-0.25, -0.2) is 4.39 Å². The molecular formula is C14H13Br3FNS. The normalized spacial score (nSPS) is 12.7. The van der Waals surface area contributed by atoms with Gasteiger partial charge in [-0.1, -0.05) is 19.1 Å². The topological polar surface area (TPSA) is 12.0 Å². The van der Waals surface area contributed by atoms with Crippen molar-refractivity contribution in [1.29, 1.82) is 0 Å². The molecular weight excluding hydrogens is 473 g/mol. The van der Waals surface area contributed by atoms with Gasteiger partial charge in [-0.05, 0) is 72.9 Å². The second-order valence-corrected chi connectivity index (χ2v) is 8.41. The first kappa shape index (κ1) is 16.6. The summed E-state index contributed by atoms with van der Waals surface area (Å²) in [5.41, 5.74) is 0.661. The second-order valence-electron chi connectivity index (χ2n) is 4.30. The third-order valence-corrected chi connectivity index (χ3v) is 6.77. The van der Waals surface area contributed by atoms with E-state index >= 15 is 0 Å². The summed E-state index contributed by atoms with van der Waals surface area (Å²) in [6, 6.07) is 7.30. The summed E-state index contributed by atoms with van der Waals surface area (Å²) in [6.07, 6.45) is 1.000. The van der Waals surface area contributed by atoms with Crippen molar-refractivity contribution in [3.05, 3.63) is 53.3 Å². The Labute approximate surface area is 147 Å². The highest BCUT2D eigenvalue weighted by Gasteiger charge is 2.21. The Balaban J connectivity index is 2.44. The predicted molar refractivity (Wildman–Crippen MR) is 94.0 cm³/mol. The van der Waals surface area contributed by atoms with Crippen LogP contribution >= 0.6 is 59.1 Å². The van der Waals surface area contributed by atoms with E-state index in [1.54, 1.807) is 17.4 Å². The highest BCUT2D eigenvalue weighted by molar-refractivity contribution is 9.13. The van der Waals surface area contributed by atoms with Crippen LogP contribution in [-0.4, -0.2) is 6.54 Å². The van der Waals surface area contributed by atoms with E-state index in [2.05, 4.69) is 60.0 Å². The molecule has 0 aliphatic carbocycles. The molecule has 0 saturated carbocycles. The molecule has 1 nitrogen and oxygen atoms in total. The van der Waals surface area contributed by atoms with E-state index in [1.165, 1.54) is 0 Å². The fraction of sp³-hybridized carbons (Fsp3) is 0.286. The van der Waals surface area contributed by atoms with Gasteiger partial charge >= 0.3 is 0 Å². The minimum atomic E-state index is -0.207. The molecule has 6 heteroatoms. The molecule has 0 saturated heterocycles. The second kappa shape index (κ2) is 7.49. The first-order valence-electron chi connectivity index (χ1n) is 6.16. The van der Waals surface area contributed by atoms with Crippen molar-refractivity contribution in [3.8, 4) is 0 Å². The van der Waals surface area contributed by atoms with Gasteiger partial charge in [0.1, 0.15) is 5.82 Å². The molecule has 0 bridgehead atoms. The molecule has 2 aromatic rings. The number of hydrogen-bond donors (Lipinski definition) is 1. The summed E-state index contributed by atoms with van der Waals surface area (Å²) in [4.78, 5) is 1.08. The van der Waals surface area contributed by atoms with Gasteiger partial charge in [0.15, 0.2) is 0 Å². The first-order chi connectivity index (χ1) is 9.54. The molecule has 20 heavy (non-hydrogen) atoms. The SMILES string of the molecule is CCCNC(c1cc(Br)c(Br)s1)c1cccc(Br)c1F. The van der Waals surface area contributed by atoms with Crippen molar-refractivity contribution < 1.29 is 4.39 Å². The van der Waals surface area contributed by atoms with E-state index in [1.807, 2.05) is 18.2 Å². The van der Waals surface area contributed by atoms with Gasteiger partial charge in [0.2, 0.25) is 0 Å². The number of thiophene rings is 1. The van der Waals surface area contributed by atoms with Crippen molar-refractivity contribution >= 4 is 59.1 Å². The maximum absolute atomic E-state index is 14.4. The molecule has 0 radical (unpaired) electrons. The monoisotopic (exact) mass is 483 g/mol. The van der Waals surface area contributed by atoms with Crippen LogP contribution in [0.4, 0.5) is 4.39 Å². The molecule has 1 aromatic heterocycles. The molecule has 1 N–H and O–H groups in total. The lowest BCUT2D eigenvalue weighted by Gasteiger charge is -2.18. The molecule has 0 fully saturated rings. The minimum Gasteiger partial charge on any atom is -0.306 e. The summed E-state index contributed by atoms with van der Waals surface area (Å²) in [7, 11) is 0. The van der Waals surface area contributed by atoms with E-state index in [0.717, 1.165) is 26.1 Å². The Bertz CT molecular complexity index is 581. The summed E-state index contributed by atoms with van der Waals surface area (Å²) in [5.74, 6) is -0.207. The van der Waals surface area contributed by atoms with Crippen LogP contribution in [0.3, 0.4) is 0 Å². The smallest absolute Gasteiger partial charge is 0.142 e. The van der Waals surface area contributed by atoms with Gasteiger partial charge in [0.25, 0.3) is 0 Å². The highest BCUT2D eigenvalue weighted by Crippen LogP contribution is 2.38. The molecule has 1 aromatic carbocycles. The van der Waals surface area contributed by atoms with Gasteiger partial charge in [-0.2, -0.15) is 0 Å². The Kier molecular flexibility index (Phi) is 6.23. The van der Waals surface area contributed by atoms with E-state index in [9.17, 15) is 4.39 Å². The van der Waals surface area contributed by atoms with Crippen molar-refractivity contribution in [3.63, 3.8) is 0 Å².